The molecule has 0 fully saturated rings. The zero-order chi connectivity index (χ0) is 47.2. The van der Waals surface area contributed by atoms with Crippen molar-refractivity contribution >= 4 is 0 Å². The normalized spacial score (nSPS) is 15.3. The molecule has 4 aliphatic carbocycles. The van der Waals surface area contributed by atoms with Crippen molar-refractivity contribution in [2.24, 2.45) is 0 Å². The molecule has 9 aromatic carbocycles. The molecule has 4 aliphatic rings. The number of hydrogen-bond donors (Lipinski definition) is 0. The van der Waals surface area contributed by atoms with Crippen LogP contribution in [0.15, 0.2) is 224 Å². The summed E-state index contributed by atoms with van der Waals surface area (Å²) in [5.74, 6) is 2.74. The number of nitrogens with zero attached hydrogens (tertiary/aromatic N) is 5. The van der Waals surface area contributed by atoms with Gasteiger partial charge in [-0.15, -0.1) is 0 Å². The van der Waals surface area contributed by atoms with E-state index >= 15 is 0 Å². The van der Waals surface area contributed by atoms with E-state index in [1.165, 1.54) is 55.6 Å². The first-order chi connectivity index (χ1) is 35.0. The molecule has 0 aliphatic heterocycles. The van der Waals surface area contributed by atoms with E-state index in [9.17, 15) is 0 Å². The second kappa shape index (κ2) is 16.1. The Morgan fingerprint density at radius 3 is 1.41 bits per heavy atom. The summed E-state index contributed by atoms with van der Waals surface area (Å²) in [5.41, 5.74) is 22.8. The predicted octanol–water partition coefficient (Wildman–Crippen LogP) is 15.6. The van der Waals surface area contributed by atoms with Gasteiger partial charge in [0.15, 0.2) is 23.3 Å². The first-order valence-corrected chi connectivity index (χ1v) is 24.5. The second-order valence-corrected chi connectivity index (χ2v) is 19.5. The number of rotatable bonds is 7. The van der Waals surface area contributed by atoms with Crippen LogP contribution in [0.2, 0.25) is 0 Å². The highest BCUT2D eigenvalue weighted by Crippen LogP contribution is 2.57. The third-order valence-corrected chi connectivity index (χ3v) is 15.1. The lowest BCUT2D eigenvalue weighted by molar-refractivity contribution is 0.661. The molecule has 0 N–H and O–H groups in total. The minimum atomic E-state index is -0.259. The lowest BCUT2D eigenvalue weighted by Crippen LogP contribution is -2.27. The summed E-state index contributed by atoms with van der Waals surface area (Å²) in [6.45, 7) is 4.65. The molecule has 71 heavy (non-hydrogen) atoms. The Kier molecular flexibility index (Phi) is 9.30. The van der Waals surface area contributed by atoms with E-state index in [2.05, 4.69) is 214 Å². The number of aromatic nitrogens is 5. The summed E-state index contributed by atoms with van der Waals surface area (Å²) in [6.07, 6.45) is 0. The number of benzene rings is 9. The number of hydrogen-bond acceptors (Lipinski definition) is 5. The van der Waals surface area contributed by atoms with Crippen LogP contribution in [0.5, 0.6) is 0 Å². The van der Waals surface area contributed by atoms with Crippen molar-refractivity contribution in [3.63, 3.8) is 0 Å². The van der Waals surface area contributed by atoms with Crippen LogP contribution >= 0.6 is 0 Å². The summed E-state index contributed by atoms with van der Waals surface area (Å²) < 4.78 is 0. The van der Waals surface area contributed by atoms with E-state index < -0.39 is 0 Å². The zero-order valence-electron chi connectivity index (χ0n) is 39.3. The standard InChI is InChI=1S/C66H45N5/c1-66(2)56-32-17-16-26-46(56)51-30-18-31-53(61(51)66)65-70-63(69-64(71-65)52-29-15-12-25-45(52)40-19-6-3-7-20-40)44-34-36-50-55(38-44)60-48-28-14-13-27-47(48)59(50)54-37-43(33-35-49(54)60)58-39-57(41-21-8-4-9-22-41)67-62(68-58)42-23-10-5-11-24-42/h3-39,59-60H,1-2H3. The molecule has 2 heterocycles. The van der Waals surface area contributed by atoms with Gasteiger partial charge in [-0.1, -0.05) is 220 Å². The summed E-state index contributed by atoms with van der Waals surface area (Å²) in [6, 6.07) is 80.1. The van der Waals surface area contributed by atoms with Crippen LogP contribution in [0, 0.1) is 0 Å². The lowest BCUT2D eigenvalue weighted by Gasteiger charge is -2.42. The molecule has 2 atom stereocenters. The third kappa shape index (κ3) is 6.57. The molecule has 15 rings (SSSR count). The van der Waals surface area contributed by atoms with Crippen molar-refractivity contribution in [1.29, 1.82) is 0 Å². The van der Waals surface area contributed by atoms with Crippen molar-refractivity contribution < 1.29 is 0 Å². The van der Waals surface area contributed by atoms with Gasteiger partial charge < -0.3 is 0 Å². The molecule has 5 heteroatoms. The molecular formula is C66H45N5. The fourth-order valence-electron chi connectivity index (χ4n) is 11.9. The van der Waals surface area contributed by atoms with E-state index in [0.717, 1.165) is 55.9 Å². The highest BCUT2D eigenvalue weighted by Gasteiger charge is 2.42. The van der Waals surface area contributed by atoms with E-state index in [4.69, 9.17) is 24.9 Å². The topological polar surface area (TPSA) is 64.5 Å². The summed E-state index contributed by atoms with van der Waals surface area (Å²) in [7, 11) is 0. The van der Waals surface area contributed by atoms with Crippen LogP contribution in [-0.4, -0.2) is 24.9 Å². The zero-order valence-corrected chi connectivity index (χ0v) is 39.3. The minimum Gasteiger partial charge on any atom is -0.228 e. The van der Waals surface area contributed by atoms with Gasteiger partial charge in [0.05, 0.1) is 11.4 Å². The van der Waals surface area contributed by atoms with Gasteiger partial charge in [-0.05, 0) is 85.0 Å². The third-order valence-electron chi connectivity index (χ3n) is 15.1. The molecule has 2 aromatic heterocycles. The van der Waals surface area contributed by atoms with Gasteiger partial charge in [-0.3, -0.25) is 0 Å². The van der Waals surface area contributed by atoms with Crippen LogP contribution in [-0.2, 0) is 5.41 Å². The molecule has 0 radical (unpaired) electrons. The highest BCUT2D eigenvalue weighted by atomic mass is 15.0. The van der Waals surface area contributed by atoms with E-state index in [0.29, 0.717) is 23.3 Å². The van der Waals surface area contributed by atoms with Gasteiger partial charge in [-0.2, -0.15) is 0 Å². The molecule has 334 valence electrons. The van der Waals surface area contributed by atoms with Gasteiger partial charge in [0.1, 0.15) is 0 Å². The quantitative estimate of drug-likeness (QED) is 0.159. The molecule has 0 saturated carbocycles. The van der Waals surface area contributed by atoms with Crippen molar-refractivity contribution in [1.82, 2.24) is 24.9 Å². The fourth-order valence-corrected chi connectivity index (χ4v) is 11.9. The van der Waals surface area contributed by atoms with Crippen LogP contribution in [0.1, 0.15) is 70.2 Å². The average molecular weight is 908 g/mol. The van der Waals surface area contributed by atoms with Crippen LogP contribution in [0.4, 0.5) is 0 Å². The smallest absolute Gasteiger partial charge is 0.164 e. The first kappa shape index (κ1) is 41.1. The Balaban J connectivity index is 0.927. The highest BCUT2D eigenvalue weighted by molar-refractivity contribution is 5.88. The van der Waals surface area contributed by atoms with Crippen molar-refractivity contribution in [3.8, 4) is 90.3 Å². The summed E-state index contributed by atoms with van der Waals surface area (Å²) in [5, 5.41) is 0. The summed E-state index contributed by atoms with van der Waals surface area (Å²) >= 11 is 0. The Morgan fingerprint density at radius 2 is 0.732 bits per heavy atom. The lowest BCUT2D eigenvalue weighted by atomic mass is 9.60. The maximum atomic E-state index is 5.48. The monoisotopic (exact) mass is 907 g/mol. The minimum absolute atomic E-state index is 0.0247. The fraction of sp³-hybridized carbons (Fsp3) is 0.0758. The Bertz CT molecular complexity index is 3860. The molecule has 2 bridgehead atoms. The predicted molar refractivity (Wildman–Crippen MR) is 286 cm³/mol. The molecular weight excluding hydrogens is 863 g/mol. The molecule has 5 nitrogen and oxygen atoms in total. The van der Waals surface area contributed by atoms with E-state index in [-0.39, 0.29) is 17.3 Å². The van der Waals surface area contributed by atoms with Crippen LogP contribution < -0.4 is 0 Å². The van der Waals surface area contributed by atoms with Crippen LogP contribution in [0.25, 0.3) is 90.3 Å². The van der Waals surface area contributed by atoms with Crippen LogP contribution in [0.3, 0.4) is 0 Å². The van der Waals surface area contributed by atoms with Gasteiger partial charge in [0.25, 0.3) is 0 Å². The van der Waals surface area contributed by atoms with E-state index in [1.807, 2.05) is 24.3 Å². The largest absolute Gasteiger partial charge is 0.228 e. The van der Waals surface area contributed by atoms with Gasteiger partial charge >= 0.3 is 0 Å². The van der Waals surface area contributed by atoms with Crippen molar-refractivity contribution in [3.05, 3.63) is 269 Å². The molecule has 0 saturated heterocycles. The van der Waals surface area contributed by atoms with Crippen molar-refractivity contribution in [2.75, 3.05) is 0 Å². The average Bonchev–Trinajstić information content (AvgIpc) is 3.68. The van der Waals surface area contributed by atoms with Gasteiger partial charge in [0, 0.05) is 50.6 Å². The first-order valence-electron chi connectivity index (χ1n) is 24.5. The molecule has 11 aromatic rings. The summed E-state index contributed by atoms with van der Waals surface area (Å²) in [4.78, 5) is 26.6. The SMILES string of the molecule is CC1(C)c2ccccc2-c2cccc(-c3nc(-c4ccc5c(c4)C4c6ccccc6C5c5cc(-c6cc(-c7ccccc7)nc(-c7ccccc7)n6)ccc54)nc(-c4ccccc4-c4ccccc4)n3)c21. The van der Waals surface area contributed by atoms with E-state index in [1.54, 1.807) is 0 Å². The maximum absolute atomic E-state index is 5.48. The molecule has 2 unspecified atom stereocenters. The Hall–Kier alpha value is -8.93. The second-order valence-electron chi connectivity index (χ2n) is 19.5. The molecule has 0 spiro atoms. The van der Waals surface area contributed by atoms with Crippen molar-refractivity contribution in [2.45, 2.75) is 31.1 Å². The van der Waals surface area contributed by atoms with Gasteiger partial charge in [0.2, 0.25) is 0 Å². The Morgan fingerprint density at radius 1 is 0.282 bits per heavy atom. The Labute approximate surface area is 413 Å². The maximum Gasteiger partial charge on any atom is 0.164 e. The van der Waals surface area contributed by atoms with Gasteiger partial charge in [-0.25, -0.2) is 24.9 Å². The molecule has 0 amide bonds. The number of fused-ring (bicyclic) bond motifs is 3.